The van der Waals surface area contributed by atoms with Crippen LogP contribution >= 0.6 is 11.6 Å². The van der Waals surface area contributed by atoms with Gasteiger partial charge < -0.3 is 4.74 Å². The molecule has 1 fully saturated rings. The van der Waals surface area contributed by atoms with Crippen molar-refractivity contribution in [3.8, 4) is 0 Å². The van der Waals surface area contributed by atoms with Crippen LogP contribution in [-0.2, 0) is 14.8 Å². The average molecular weight is 278 g/mol. The van der Waals surface area contributed by atoms with E-state index in [9.17, 15) is 8.42 Å². The Morgan fingerprint density at radius 3 is 2.76 bits per heavy atom. The van der Waals surface area contributed by atoms with Gasteiger partial charge in [0.05, 0.1) is 18.2 Å². The topological polar surface area (TPSA) is 71.5 Å². The lowest BCUT2D eigenvalue weighted by molar-refractivity contribution is 0.0272. The number of morpholine rings is 1. The summed E-state index contributed by atoms with van der Waals surface area (Å²) >= 11 is 5.82. The molecule has 94 valence electrons. The first-order valence-corrected chi connectivity index (χ1v) is 6.90. The van der Waals surface area contributed by atoms with Crippen molar-refractivity contribution in [3.05, 3.63) is 23.5 Å². The predicted molar refractivity (Wildman–Crippen MR) is 62.0 cm³/mol. The number of pyridine rings is 1. The Hall–Kier alpha value is -0.730. The molecule has 0 radical (unpaired) electrons. The van der Waals surface area contributed by atoms with E-state index in [0.717, 1.165) is 0 Å². The summed E-state index contributed by atoms with van der Waals surface area (Å²) in [5.74, 6) is 0. The maximum absolute atomic E-state index is 12.0. The fourth-order valence-corrected chi connectivity index (χ4v) is 2.99. The molecule has 2 rings (SSSR count). The van der Waals surface area contributed by atoms with Gasteiger partial charge in [0.1, 0.15) is 4.90 Å². The molecule has 0 saturated carbocycles. The Morgan fingerprint density at radius 1 is 1.41 bits per heavy atom. The maximum atomic E-state index is 12.0. The molecule has 8 heteroatoms. The van der Waals surface area contributed by atoms with E-state index in [2.05, 4.69) is 9.82 Å². The van der Waals surface area contributed by atoms with Crippen LogP contribution in [0.1, 0.15) is 0 Å². The van der Waals surface area contributed by atoms with Crippen molar-refractivity contribution in [1.29, 1.82) is 0 Å². The van der Waals surface area contributed by atoms with E-state index in [-0.39, 0.29) is 9.92 Å². The van der Waals surface area contributed by atoms with Crippen LogP contribution < -0.4 is 4.83 Å². The first-order valence-electron chi connectivity index (χ1n) is 5.04. The maximum Gasteiger partial charge on any atom is 0.256 e. The second kappa shape index (κ2) is 5.28. The predicted octanol–water partition coefficient (Wildman–Crippen LogP) is 0.261. The SMILES string of the molecule is O=S(=O)(NN1CCOCC1)c1cnccc1Cl. The molecule has 1 aliphatic heterocycles. The number of hydrogen-bond acceptors (Lipinski definition) is 5. The highest BCUT2D eigenvalue weighted by molar-refractivity contribution is 7.89. The molecule has 0 atom stereocenters. The van der Waals surface area contributed by atoms with Gasteiger partial charge in [-0.05, 0) is 6.07 Å². The third-order valence-corrected chi connectivity index (χ3v) is 4.13. The van der Waals surface area contributed by atoms with Crippen LogP contribution in [0.4, 0.5) is 0 Å². The van der Waals surface area contributed by atoms with Crippen molar-refractivity contribution in [3.63, 3.8) is 0 Å². The molecule has 1 saturated heterocycles. The molecule has 0 amide bonds. The second-order valence-electron chi connectivity index (χ2n) is 3.50. The smallest absolute Gasteiger partial charge is 0.256 e. The quantitative estimate of drug-likeness (QED) is 0.858. The minimum Gasteiger partial charge on any atom is -0.379 e. The summed E-state index contributed by atoms with van der Waals surface area (Å²) in [6.45, 7) is 2.03. The van der Waals surface area contributed by atoms with E-state index in [4.69, 9.17) is 16.3 Å². The Balaban J connectivity index is 2.16. The number of rotatable bonds is 3. The van der Waals surface area contributed by atoms with E-state index < -0.39 is 10.0 Å². The number of aromatic nitrogens is 1. The molecule has 1 N–H and O–H groups in total. The normalized spacial score (nSPS) is 18.2. The summed E-state index contributed by atoms with van der Waals surface area (Å²) in [6, 6.07) is 1.44. The van der Waals surface area contributed by atoms with E-state index >= 15 is 0 Å². The molecule has 0 bridgehead atoms. The average Bonchev–Trinajstić information content (AvgIpc) is 2.30. The van der Waals surface area contributed by atoms with Gasteiger partial charge in [-0.1, -0.05) is 11.6 Å². The Bertz CT molecular complexity index is 488. The molecule has 6 nitrogen and oxygen atoms in total. The number of ether oxygens (including phenoxy) is 1. The highest BCUT2D eigenvalue weighted by Crippen LogP contribution is 2.19. The van der Waals surface area contributed by atoms with Crippen molar-refractivity contribution in [2.75, 3.05) is 26.3 Å². The molecule has 0 aromatic carbocycles. The lowest BCUT2D eigenvalue weighted by Gasteiger charge is -2.26. The summed E-state index contributed by atoms with van der Waals surface area (Å²) in [5, 5.41) is 1.74. The fourth-order valence-electron chi connectivity index (χ4n) is 1.43. The van der Waals surface area contributed by atoms with Crippen LogP contribution in [0.5, 0.6) is 0 Å². The summed E-state index contributed by atoms with van der Waals surface area (Å²) in [6.07, 6.45) is 2.67. The number of nitrogens with one attached hydrogen (secondary N) is 1. The van der Waals surface area contributed by atoms with Crippen LogP contribution in [0.25, 0.3) is 0 Å². The monoisotopic (exact) mass is 277 g/mol. The first kappa shape index (κ1) is 12.7. The molecule has 0 aliphatic carbocycles. The van der Waals surface area contributed by atoms with Gasteiger partial charge in [0.2, 0.25) is 0 Å². The van der Waals surface area contributed by atoms with Crippen molar-refractivity contribution in [1.82, 2.24) is 14.8 Å². The van der Waals surface area contributed by atoms with Crippen LogP contribution in [0.3, 0.4) is 0 Å². The van der Waals surface area contributed by atoms with E-state index in [1.54, 1.807) is 5.01 Å². The standard InChI is InChI=1S/C9H12ClN3O3S/c10-8-1-2-11-7-9(8)17(14,15)12-13-3-5-16-6-4-13/h1-2,7,12H,3-6H2. The van der Waals surface area contributed by atoms with Gasteiger partial charge in [0.15, 0.2) is 0 Å². The molecule has 1 aliphatic rings. The molecule has 0 unspecified atom stereocenters. The van der Waals surface area contributed by atoms with Crippen molar-refractivity contribution >= 4 is 21.6 Å². The number of hydrogen-bond donors (Lipinski definition) is 1. The molecule has 2 heterocycles. The first-order chi connectivity index (χ1) is 8.09. The minimum absolute atomic E-state index is 0.0202. The van der Waals surface area contributed by atoms with Gasteiger partial charge in [0, 0.05) is 25.5 Å². The fraction of sp³-hybridized carbons (Fsp3) is 0.444. The molecule has 17 heavy (non-hydrogen) atoms. The Labute approximate surface area is 105 Å². The second-order valence-corrected chi connectivity index (χ2v) is 5.54. The number of nitrogens with zero attached hydrogens (tertiary/aromatic N) is 2. The zero-order valence-corrected chi connectivity index (χ0v) is 10.5. The van der Waals surface area contributed by atoms with E-state index in [0.29, 0.717) is 26.3 Å². The van der Waals surface area contributed by atoms with Crippen molar-refractivity contribution in [2.45, 2.75) is 4.90 Å². The van der Waals surface area contributed by atoms with Gasteiger partial charge >= 0.3 is 0 Å². The molecular formula is C9H12ClN3O3S. The largest absolute Gasteiger partial charge is 0.379 e. The Morgan fingerprint density at radius 2 is 2.12 bits per heavy atom. The van der Waals surface area contributed by atoms with Crippen LogP contribution in [0, 0.1) is 0 Å². The summed E-state index contributed by atoms with van der Waals surface area (Å²) in [4.78, 5) is 6.19. The Kier molecular flexibility index (Phi) is 3.95. The third-order valence-electron chi connectivity index (χ3n) is 2.28. The van der Waals surface area contributed by atoms with Gasteiger partial charge in [0.25, 0.3) is 10.0 Å². The minimum atomic E-state index is -3.66. The lowest BCUT2D eigenvalue weighted by atomic mass is 10.5. The number of hydrazine groups is 1. The summed E-state index contributed by atoms with van der Waals surface area (Å²) < 4.78 is 29.1. The van der Waals surface area contributed by atoms with Gasteiger partial charge in [-0.2, -0.15) is 0 Å². The zero-order valence-electron chi connectivity index (χ0n) is 8.97. The summed E-state index contributed by atoms with van der Waals surface area (Å²) in [7, 11) is -3.66. The van der Waals surface area contributed by atoms with Crippen molar-refractivity contribution < 1.29 is 13.2 Å². The van der Waals surface area contributed by atoms with Gasteiger partial charge in [-0.3, -0.25) is 4.98 Å². The van der Waals surface area contributed by atoms with Crippen LogP contribution in [0.2, 0.25) is 5.02 Å². The number of halogens is 1. The number of sulfonamides is 1. The molecular weight excluding hydrogens is 266 g/mol. The van der Waals surface area contributed by atoms with Gasteiger partial charge in [-0.25, -0.2) is 13.4 Å². The zero-order chi connectivity index (χ0) is 12.3. The highest BCUT2D eigenvalue weighted by atomic mass is 35.5. The lowest BCUT2D eigenvalue weighted by Crippen LogP contribution is -2.48. The molecule has 1 aromatic heterocycles. The van der Waals surface area contributed by atoms with Crippen molar-refractivity contribution in [2.24, 2.45) is 0 Å². The van der Waals surface area contributed by atoms with E-state index in [1.807, 2.05) is 0 Å². The van der Waals surface area contributed by atoms with Gasteiger partial charge in [-0.15, -0.1) is 4.83 Å². The highest BCUT2D eigenvalue weighted by Gasteiger charge is 2.22. The van der Waals surface area contributed by atoms with E-state index in [1.165, 1.54) is 18.5 Å². The molecule has 1 aromatic rings. The third kappa shape index (κ3) is 3.14. The molecule has 0 spiro atoms. The van der Waals surface area contributed by atoms with Crippen LogP contribution in [0.15, 0.2) is 23.4 Å². The summed E-state index contributed by atoms with van der Waals surface area (Å²) in [5.41, 5.74) is 0. The van der Waals surface area contributed by atoms with Crippen LogP contribution in [-0.4, -0.2) is 44.7 Å².